The van der Waals surface area contributed by atoms with E-state index in [1.807, 2.05) is 0 Å². The lowest BCUT2D eigenvalue weighted by atomic mass is 9.79. The fraction of sp³-hybridized carbons (Fsp3) is 0.625. The number of nitrogens with zero attached hydrogens (tertiary/aromatic N) is 1. The number of aliphatic hydroxyl groups is 1. The molecule has 4 nitrogen and oxygen atoms in total. The number of hydrogen-bond donors (Lipinski definition) is 1. The minimum Gasteiger partial charge on any atom is -0.399 e. The van der Waals surface area contributed by atoms with Crippen molar-refractivity contribution in [3.8, 4) is 0 Å². The highest BCUT2D eigenvalue weighted by atomic mass is 16.7. The van der Waals surface area contributed by atoms with Crippen LogP contribution < -0.4 is 5.46 Å². The minimum absolute atomic E-state index is 0.144. The largest absolute Gasteiger partial charge is 0.494 e. The Bertz CT molecular complexity index is 493. The third-order valence-corrected chi connectivity index (χ3v) is 4.85. The van der Waals surface area contributed by atoms with Crippen LogP contribution in [0.5, 0.6) is 0 Å². The first-order chi connectivity index (χ1) is 9.77. The second-order valence-corrected chi connectivity index (χ2v) is 7.18. The van der Waals surface area contributed by atoms with E-state index >= 15 is 0 Å². The van der Waals surface area contributed by atoms with Crippen LogP contribution in [0.1, 0.15) is 33.3 Å². The van der Waals surface area contributed by atoms with E-state index in [2.05, 4.69) is 56.9 Å². The highest BCUT2D eigenvalue weighted by Crippen LogP contribution is 2.36. The van der Waals surface area contributed by atoms with Gasteiger partial charge in [-0.05, 0) is 38.7 Å². The second kappa shape index (κ2) is 5.09. The molecule has 3 rings (SSSR count). The minimum atomic E-state index is -0.301. The normalized spacial score (nSPS) is 25.1. The molecule has 0 aromatic heterocycles. The quantitative estimate of drug-likeness (QED) is 0.848. The third kappa shape index (κ3) is 2.88. The van der Waals surface area contributed by atoms with Crippen molar-refractivity contribution in [1.82, 2.24) is 4.90 Å². The zero-order valence-corrected chi connectivity index (χ0v) is 13.3. The van der Waals surface area contributed by atoms with Crippen molar-refractivity contribution in [1.29, 1.82) is 0 Å². The second-order valence-electron chi connectivity index (χ2n) is 7.18. The molecule has 2 aliphatic rings. The lowest BCUT2D eigenvalue weighted by Gasteiger charge is -2.35. The van der Waals surface area contributed by atoms with Gasteiger partial charge in [-0.15, -0.1) is 0 Å². The first-order valence-corrected chi connectivity index (χ1v) is 7.62. The lowest BCUT2D eigenvalue weighted by molar-refractivity contribution is -0.00286. The summed E-state index contributed by atoms with van der Waals surface area (Å²) in [6, 6.07) is 8.39. The van der Waals surface area contributed by atoms with E-state index in [1.54, 1.807) is 0 Å². The molecule has 5 heteroatoms. The topological polar surface area (TPSA) is 41.9 Å². The highest BCUT2D eigenvalue weighted by Gasteiger charge is 2.51. The van der Waals surface area contributed by atoms with E-state index in [4.69, 9.17) is 9.31 Å². The predicted octanol–water partition coefficient (Wildman–Crippen LogP) is 1.16. The van der Waals surface area contributed by atoms with Gasteiger partial charge in [0.2, 0.25) is 0 Å². The molecule has 0 amide bonds. The average Bonchev–Trinajstić information content (AvgIpc) is 2.57. The molecule has 1 aromatic carbocycles. The lowest BCUT2D eigenvalue weighted by Crippen LogP contribution is -2.49. The number of benzene rings is 1. The SMILES string of the molecule is CC1(C)OB(c2ccc(CN3CC(O)C3)cc2)OC1(C)C. The molecule has 0 saturated carbocycles. The molecular weight excluding hydrogens is 265 g/mol. The van der Waals surface area contributed by atoms with Gasteiger partial charge >= 0.3 is 7.12 Å². The molecule has 2 fully saturated rings. The predicted molar refractivity (Wildman–Crippen MR) is 83.4 cm³/mol. The Morgan fingerprint density at radius 2 is 1.62 bits per heavy atom. The monoisotopic (exact) mass is 289 g/mol. The maximum atomic E-state index is 9.31. The summed E-state index contributed by atoms with van der Waals surface area (Å²) in [6.07, 6.45) is -0.144. The summed E-state index contributed by atoms with van der Waals surface area (Å²) in [4.78, 5) is 2.23. The molecule has 2 saturated heterocycles. The Labute approximate surface area is 127 Å². The molecule has 0 bridgehead atoms. The van der Waals surface area contributed by atoms with Crippen molar-refractivity contribution in [2.75, 3.05) is 13.1 Å². The summed E-state index contributed by atoms with van der Waals surface area (Å²) in [7, 11) is -0.296. The van der Waals surface area contributed by atoms with Gasteiger partial charge in [0, 0.05) is 19.6 Å². The van der Waals surface area contributed by atoms with Crippen LogP contribution >= 0.6 is 0 Å². The molecule has 2 heterocycles. The fourth-order valence-electron chi connectivity index (χ4n) is 2.69. The van der Waals surface area contributed by atoms with Gasteiger partial charge in [0.15, 0.2) is 0 Å². The first-order valence-electron chi connectivity index (χ1n) is 7.62. The zero-order chi connectivity index (χ0) is 15.3. The molecule has 1 aromatic rings. The number of rotatable bonds is 3. The average molecular weight is 289 g/mol. The van der Waals surface area contributed by atoms with Crippen molar-refractivity contribution < 1.29 is 14.4 Å². The van der Waals surface area contributed by atoms with Gasteiger partial charge in [-0.1, -0.05) is 24.3 Å². The van der Waals surface area contributed by atoms with E-state index < -0.39 is 0 Å². The van der Waals surface area contributed by atoms with Crippen molar-refractivity contribution in [2.24, 2.45) is 0 Å². The Balaban J connectivity index is 1.65. The number of β-amino-alcohol motifs (C(OH)–C–C–N with tert-alkyl or cyclic N) is 1. The van der Waals surface area contributed by atoms with E-state index in [0.717, 1.165) is 25.1 Å². The van der Waals surface area contributed by atoms with Gasteiger partial charge < -0.3 is 14.4 Å². The van der Waals surface area contributed by atoms with Gasteiger partial charge in [-0.3, -0.25) is 4.90 Å². The molecule has 21 heavy (non-hydrogen) atoms. The van der Waals surface area contributed by atoms with E-state index in [-0.39, 0.29) is 24.4 Å². The Kier molecular flexibility index (Phi) is 3.65. The van der Waals surface area contributed by atoms with Crippen LogP contribution in [0.25, 0.3) is 0 Å². The van der Waals surface area contributed by atoms with Gasteiger partial charge in [-0.2, -0.15) is 0 Å². The molecule has 0 spiro atoms. The number of aliphatic hydroxyl groups excluding tert-OH is 1. The Hall–Kier alpha value is -0.875. The summed E-state index contributed by atoms with van der Waals surface area (Å²) < 4.78 is 12.1. The molecule has 0 radical (unpaired) electrons. The molecule has 1 N–H and O–H groups in total. The van der Waals surface area contributed by atoms with Crippen LogP contribution in [0.15, 0.2) is 24.3 Å². The summed E-state index contributed by atoms with van der Waals surface area (Å²) in [5.74, 6) is 0. The molecular formula is C16H24BNO3. The summed E-state index contributed by atoms with van der Waals surface area (Å²) in [5, 5.41) is 9.31. The number of likely N-dealkylation sites (tertiary alicyclic amines) is 1. The Morgan fingerprint density at radius 3 is 2.10 bits per heavy atom. The molecule has 114 valence electrons. The van der Waals surface area contributed by atoms with E-state index in [0.29, 0.717) is 0 Å². The van der Waals surface area contributed by atoms with E-state index in [9.17, 15) is 5.11 Å². The van der Waals surface area contributed by atoms with Gasteiger partial charge in [0.1, 0.15) is 0 Å². The van der Waals surface area contributed by atoms with Crippen LogP contribution in [0.4, 0.5) is 0 Å². The van der Waals surface area contributed by atoms with Crippen LogP contribution in [0.3, 0.4) is 0 Å². The molecule has 0 unspecified atom stereocenters. The smallest absolute Gasteiger partial charge is 0.399 e. The highest BCUT2D eigenvalue weighted by molar-refractivity contribution is 6.62. The van der Waals surface area contributed by atoms with Crippen LogP contribution in [0.2, 0.25) is 0 Å². The summed E-state index contributed by atoms with van der Waals surface area (Å²) in [6.45, 7) is 10.7. The van der Waals surface area contributed by atoms with Crippen LogP contribution in [-0.2, 0) is 15.9 Å². The van der Waals surface area contributed by atoms with Crippen molar-refractivity contribution in [3.05, 3.63) is 29.8 Å². The standard InChI is InChI=1S/C16H24BNO3/c1-15(2)16(3,4)21-17(20-15)13-7-5-12(6-8-13)9-18-10-14(19)11-18/h5-8,14,19H,9-11H2,1-4H3. The van der Waals surface area contributed by atoms with Gasteiger partial charge in [0.25, 0.3) is 0 Å². The van der Waals surface area contributed by atoms with Crippen molar-refractivity contribution in [3.63, 3.8) is 0 Å². The third-order valence-electron chi connectivity index (χ3n) is 4.85. The molecule has 2 aliphatic heterocycles. The van der Waals surface area contributed by atoms with Crippen LogP contribution in [0, 0.1) is 0 Å². The Morgan fingerprint density at radius 1 is 1.10 bits per heavy atom. The van der Waals surface area contributed by atoms with Crippen molar-refractivity contribution >= 4 is 12.6 Å². The molecule has 0 aliphatic carbocycles. The fourth-order valence-corrected chi connectivity index (χ4v) is 2.69. The summed E-state index contributed by atoms with van der Waals surface area (Å²) >= 11 is 0. The van der Waals surface area contributed by atoms with Gasteiger partial charge in [0.05, 0.1) is 17.3 Å². The van der Waals surface area contributed by atoms with Gasteiger partial charge in [-0.25, -0.2) is 0 Å². The number of hydrogen-bond acceptors (Lipinski definition) is 4. The maximum absolute atomic E-state index is 9.31. The van der Waals surface area contributed by atoms with E-state index in [1.165, 1.54) is 5.56 Å². The maximum Gasteiger partial charge on any atom is 0.494 e. The molecule has 0 atom stereocenters. The first kappa shape index (κ1) is 15.0. The van der Waals surface area contributed by atoms with Crippen molar-refractivity contribution in [2.45, 2.75) is 51.5 Å². The summed E-state index contributed by atoms with van der Waals surface area (Å²) in [5.41, 5.74) is 1.71. The van der Waals surface area contributed by atoms with Crippen LogP contribution in [-0.4, -0.2) is 47.5 Å². The zero-order valence-electron chi connectivity index (χ0n) is 13.3.